The molecule has 1 aliphatic heterocycles. The molecule has 1 saturated heterocycles. The third kappa shape index (κ3) is 3.80. The van der Waals surface area contributed by atoms with Crippen molar-refractivity contribution in [3.05, 3.63) is 54.4 Å². The molecule has 5 rings (SSSR count). The van der Waals surface area contributed by atoms with Crippen molar-refractivity contribution in [3.63, 3.8) is 0 Å². The lowest BCUT2D eigenvalue weighted by molar-refractivity contribution is 0.0342. The lowest BCUT2D eigenvalue weighted by atomic mass is 10.0. The van der Waals surface area contributed by atoms with Crippen molar-refractivity contribution in [3.8, 4) is 11.1 Å². The van der Waals surface area contributed by atoms with Crippen LogP contribution >= 0.6 is 0 Å². The van der Waals surface area contributed by atoms with E-state index in [2.05, 4.69) is 62.6 Å². The molecule has 0 radical (unpaired) electrons. The van der Waals surface area contributed by atoms with Gasteiger partial charge in [0.15, 0.2) is 0 Å². The van der Waals surface area contributed by atoms with E-state index in [0.29, 0.717) is 6.04 Å². The Morgan fingerprint density at radius 3 is 2.70 bits per heavy atom. The number of hydrogen-bond acceptors (Lipinski definition) is 5. The summed E-state index contributed by atoms with van der Waals surface area (Å²) in [4.78, 5) is 11.4. The lowest BCUT2D eigenvalue weighted by Crippen LogP contribution is -2.35. The molecule has 5 nitrogen and oxygen atoms in total. The number of benzene rings is 2. The summed E-state index contributed by atoms with van der Waals surface area (Å²) in [7, 11) is 0. The fraction of sp³-hybridized carbons (Fsp3) is 0.364. The van der Waals surface area contributed by atoms with Gasteiger partial charge in [0, 0.05) is 31.1 Å². The van der Waals surface area contributed by atoms with Crippen LogP contribution in [0, 0.1) is 0 Å². The molecule has 2 aromatic carbocycles. The SMILES string of the molecule is c1cc(CN2CCOCC2)cc(-c2ccc3ncnc(NC4CC4)c3c2)c1. The molecular weight excluding hydrogens is 336 g/mol. The van der Waals surface area contributed by atoms with Crippen molar-refractivity contribution in [2.75, 3.05) is 31.6 Å². The Morgan fingerprint density at radius 1 is 1.00 bits per heavy atom. The first-order valence-electron chi connectivity index (χ1n) is 9.76. The van der Waals surface area contributed by atoms with Gasteiger partial charge in [-0.2, -0.15) is 0 Å². The molecule has 1 aromatic heterocycles. The number of rotatable bonds is 5. The third-order valence-corrected chi connectivity index (χ3v) is 5.32. The van der Waals surface area contributed by atoms with Crippen LogP contribution in [0.2, 0.25) is 0 Å². The van der Waals surface area contributed by atoms with Crippen LogP contribution in [0.4, 0.5) is 5.82 Å². The molecule has 2 heterocycles. The maximum Gasteiger partial charge on any atom is 0.137 e. The van der Waals surface area contributed by atoms with Crippen molar-refractivity contribution in [1.29, 1.82) is 0 Å². The smallest absolute Gasteiger partial charge is 0.137 e. The highest BCUT2D eigenvalue weighted by Gasteiger charge is 2.22. The monoisotopic (exact) mass is 360 g/mol. The van der Waals surface area contributed by atoms with E-state index in [9.17, 15) is 0 Å². The van der Waals surface area contributed by atoms with Crippen LogP contribution in [0.3, 0.4) is 0 Å². The molecule has 0 spiro atoms. The van der Waals surface area contributed by atoms with E-state index >= 15 is 0 Å². The minimum Gasteiger partial charge on any atom is -0.379 e. The second-order valence-corrected chi connectivity index (χ2v) is 7.46. The van der Waals surface area contributed by atoms with E-state index in [1.165, 1.54) is 29.5 Å². The molecular formula is C22H24N4O. The summed E-state index contributed by atoms with van der Waals surface area (Å²) in [5.41, 5.74) is 4.78. The van der Waals surface area contributed by atoms with Gasteiger partial charge in [0.25, 0.3) is 0 Å². The minimum absolute atomic E-state index is 0.573. The van der Waals surface area contributed by atoms with Crippen molar-refractivity contribution in [2.24, 2.45) is 0 Å². The number of fused-ring (bicyclic) bond motifs is 1. The number of aromatic nitrogens is 2. The van der Waals surface area contributed by atoms with Gasteiger partial charge in [-0.1, -0.05) is 24.3 Å². The second kappa shape index (κ2) is 7.25. The Kier molecular flexibility index (Phi) is 4.47. The quantitative estimate of drug-likeness (QED) is 0.752. The summed E-state index contributed by atoms with van der Waals surface area (Å²) in [5, 5.41) is 4.63. The summed E-state index contributed by atoms with van der Waals surface area (Å²) in [5.74, 6) is 0.953. The first kappa shape index (κ1) is 16.7. The Bertz CT molecular complexity index is 948. The van der Waals surface area contributed by atoms with Crippen LogP contribution in [0.25, 0.3) is 22.0 Å². The highest BCUT2D eigenvalue weighted by atomic mass is 16.5. The van der Waals surface area contributed by atoms with E-state index in [4.69, 9.17) is 4.74 Å². The zero-order valence-corrected chi connectivity index (χ0v) is 15.4. The minimum atomic E-state index is 0.573. The van der Waals surface area contributed by atoms with Crippen LogP contribution in [-0.2, 0) is 11.3 Å². The number of ether oxygens (including phenoxy) is 1. The van der Waals surface area contributed by atoms with E-state index in [1.54, 1.807) is 6.33 Å². The Labute approximate surface area is 159 Å². The van der Waals surface area contributed by atoms with Crippen LogP contribution in [0.15, 0.2) is 48.8 Å². The summed E-state index contributed by atoms with van der Waals surface area (Å²) < 4.78 is 5.45. The predicted octanol–water partition coefficient (Wildman–Crippen LogP) is 3.70. The zero-order chi connectivity index (χ0) is 18.1. The summed E-state index contributed by atoms with van der Waals surface area (Å²) in [6, 6.07) is 15.9. The van der Waals surface area contributed by atoms with Crippen molar-refractivity contribution in [2.45, 2.75) is 25.4 Å². The average Bonchev–Trinajstić information content (AvgIpc) is 3.53. The standard InChI is InChI=1S/C22H24N4O/c1-2-16(14-26-8-10-27-11-9-26)12-17(3-1)18-4-7-21-20(13-18)22(24-15-23-21)25-19-5-6-19/h1-4,7,12-13,15,19H,5-6,8-11,14H2,(H,23,24,25). The summed E-state index contributed by atoms with van der Waals surface area (Å²) in [6.45, 7) is 4.66. The van der Waals surface area contributed by atoms with E-state index in [0.717, 1.165) is 49.6 Å². The van der Waals surface area contributed by atoms with Crippen molar-refractivity contribution < 1.29 is 4.74 Å². The van der Waals surface area contributed by atoms with E-state index in [-0.39, 0.29) is 0 Å². The predicted molar refractivity (Wildman–Crippen MR) is 108 cm³/mol. The first-order chi connectivity index (χ1) is 13.3. The molecule has 5 heteroatoms. The molecule has 0 amide bonds. The number of morpholine rings is 1. The molecule has 0 bridgehead atoms. The first-order valence-corrected chi connectivity index (χ1v) is 9.76. The van der Waals surface area contributed by atoms with Gasteiger partial charge in [0.1, 0.15) is 12.1 Å². The number of anilines is 1. The number of hydrogen-bond donors (Lipinski definition) is 1. The van der Waals surface area contributed by atoms with Gasteiger partial charge in [0.05, 0.1) is 18.7 Å². The van der Waals surface area contributed by atoms with Gasteiger partial charge in [-0.15, -0.1) is 0 Å². The molecule has 138 valence electrons. The number of nitrogens with one attached hydrogen (secondary N) is 1. The molecule has 27 heavy (non-hydrogen) atoms. The maximum atomic E-state index is 5.45. The molecule has 0 unspecified atom stereocenters. The molecule has 3 aromatic rings. The topological polar surface area (TPSA) is 50.3 Å². The Morgan fingerprint density at radius 2 is 1.85 bits per heavy atom. The van der Waals surface area contributed by atoms with E-state index < -0.39 is 0 Å². The average molecular weight is 360 g/mol. The molecule has 2 aliphatic rings. The highest BCUT2D eigenvalue weighted by Crippen LogP contribution is 2.30. The zero-order valence-electron chi connectivity index (χ0n) is 15.4. The second-order valence-electron chi connectivity index (χ2n) is 7.46. The maximum absolute atomic E-state index is 5.45. The molecule has 0 atom stereocenters. The van der Waals surface area contributed by atoms with E-state index in [1.807, 2.05) is 0 Å². The van der Waals surface area contributed by atoms with Gasteiger partial charge in [-0.25, -0.2) is 9.97 Å². The van der Waals surface area contributed by atoms with Crippen LogP contribution in [0.5, 0.6) is 0 Å². The molecule has 1 aliphatic carbocycles. The van der Waals surface area contributed by atoms with Crippen molar-refractivity contribution in [1.82, 2.24) is 14.9 Å². The van der Waals surface area contributed by atoms with Crippen LogP contribution < -0.4 is 5.32 Å². The van der Waals surface area contributed by atoms with Gasteiger partial charge in [0.2, 0.25) is 0 Å². The number of nitrogens with zero attached hydrogens (tertiary/aromatic N) is 3. The Balaban J connectivity index is 1.44. The van der Waals surface area contributed by atoms with Gasteiger partial charge in [-0.3, -0.25) is 4.90 Å². The molecule has 2 fully saturated rings. The third-order valence-electron chi connectivity index (χ3n) is 5.32. The summed E-state index contributed by atoms with van der Waals surface area (Å²) in [6.07, 6.45) is 4.11. The van der Waals surface area contributed by atoms with Crippen LogP contribution in [-0.4, -0.2) is 47.2 Å². The fourth-order valence-electron chi connectivity index (χ4n) is 3.64. The fourth-order valence-corrected chi connectivity index (χ4v) is 3.64. The molecule has 1 N–H and O–H groups in total. The highest BCUT2D eigenvalue weighted by molar-refractivity contribution is 5.92. The lowest BCUT2D eigenvalue weighted by Gasteiger charge is -2.26. The van der Waals surface area contributed by atoms with Crippen molar-refractivity contribution >= 4 is 16.7 Å². The molecule has 1 saturated carbocycles. The van der Waals surface area contributed by atoms with Gasteiger partial charge in [-0.05, 0) is 47.7 Å². The largest absolute Gasteiger partial charge is 0.379 e. The van der Waals surface area contributed by atoms with Crippen LogP contribution in [0.1, 0.15) is 18.4 Å². The Hall–Kier alpha value is -2.50. The summed E-state index contributed by atoms with van der Waals surface area (Å²) >= 11 is 0. The normalized spacial score (nSPS) is 17.9. The van der Waals surface area contributed by atoms with Gasteiger partial charge >= 0.3 is 0 Å². The van der Waals surface area contributed by atoms with Gasteiger partial charge < -0.3 is 10.1 Å².